The summed E-state index contributed by atoms with van der Waals surface area (Å²) in [4.78, 5) is 140. The first kappa shape index (κ1) is 50.4. The lowest BCUT2D eigenvalue weighted by molar-refractivity contribution is -0.144. The molecule has 0 aliphatic carbocycles. The Morgan fingerprint density at radius 1 is 0.638 bits per heavy atom. The number of nitrogens with one attached hydrogen (secondary N) is 6. The summed E-state index contributed by atoms with van der Waals surface area (Å²) in [6.07, 6.45) is -0.805. The van der Waals surface area contributed by atoms with Gasteiger partial charge in [0.2, 0.25) is 41.2 Å². The largest absolute Gasteiger partial charge is 0.481 e. The quantitative estimate of drug-likeness (QED) is 0.0366. The third-order valence-electron chi connectivity index (χ3n) is 9.22. The number of ketones is 1. The lowest BCUT2D eigenvalue weighted by Crippen LogP contribution is -2.61. The van der Waals surface area contributed by atoms with Gasteiger partial charge >= 0.3 is 17.9 Å². The average molecular weight is 826 g/mol. The number of hydrogen-bond acceptors (Lipinski definition) is 11. The SMILES string of the molecule is CCCC(NC(=O)C1CCCN1C(=O)C(NC(=O)C(NC(=O)C(CCC(=O)O)NC(=O)C(CCC(=O)O)NC(C)=O)C(C)C)C(C)C)C(=O)C(=O)NCCCC(=O)O. The Bertz CT molecular complexity index is 1530. The zero-order chi connectivity index (χ0) is 44.3. The summed E-state index contributed by atoms with van der Waals surface area (Å²) in [7, 11) is 0. The third kappa shape index (κ3) is 17.2. The van der Waals surface area contributed by atoms with Gasteiger partial charge in [-0.1, -0.05) is 41.0 Å². The molecule has 0 bridgehead atoms. The molecule has 1 heterocycles. The number of carboxylic acid groups (broad SMARTS) is 3. The zero-order valence-corrected chi connectivity index (χ0v) is 33.9. The molecule has 1 aliphatic rings. The van der Waals surface area contributed by atoms with Crippen molar-refractivity contribution in [3.05, 3.63) is 0 Å². The lowest BCUT2D eigenvalue weighted by atomic mass is 9.98. The lowest BCUT2D eigenvalue weighted by Gasteiger charge is -2.33. The van der Waals surface area contributed by atoms with E-state index in [-0.39, 0.29) is 45.2 Å². The normalized spacial score (nSPS) is 16.2. The van der Waals surface area contributed by atoms with Crippen molar-refractivity contribution in [1.29, 1.82) is 0 Å². The molecule has 0 aromatic rings. The fourth-order valence-corrected chi connectivity index (χ4v) is 6.13. The monoisotopic (exact) mass is 825 g/mol. The molecule has 9 N–H and O–H groups in total. The van der Waals surface area contributed by atoms with Crippen LogP contribution in [0.5, 0.6) is 0 Å². The van der Waals surface area contributed by atoms with E-state index < -0.39 is 132 Å². The van der Waals surface area contributed by atoms with Crippen LogP contribution < -0.4 is 31.9 Å². The Morgan fingerprint density at radius 2 is 1.16 bits per heavy atom. The number of carbonyl (C=O) groups excluding carboxylic acids is 8. The minimum atomic E-state index is -1.53. The van der Waals surface area contributed by atoms with Crippen LogP contribution in [0.25, 0.3) is 0 Å². The molecule has 326 valence electrons. The second-order valence-electron chi connectivity index (χ2n) is 14.8. The van der Waals surface area contributed by atoms with Crippen LogP contribution in [-0.4, -0.2) is 135 Å². The molecule has 6 atom stereocenters. The maximum atomic E-state index is 14.0. The molecule has 7 amide bonds. The van der Waals surface area contributed by atoms with Crippen molar-refractivity contribution >= 4 is 65.0 Å². The Balaban J connectivity index is 3.19. The van der Waals surface area contributed by atoms with Gasteiger partial charge in [-0.05, 0) is 50.4 Å². The van der Waals surface area contributed by atoms with Crippen LogP contribution in [0.4, 0.5) is 0 Å². The zero-order valence-electron chi connectivity index (χ0n) is 33.9. The molecule has 21 heteroatoms. The van der Waals surface area contributed by atoms with Gasteiger partial charge in [0.1, 0.15) is 30.2 Å². The van der Waals surface area contributed by atoms with Crippen LogP contribution in [0.15, 0.2) is 0 Å². The first-order valence-electron chi connectivity index (χ1n) is 19.4. The first-order valence-corrected chi connectivity index (χ1v) is 19.4. The maximum absolute atomic E-state index is 14.0. The number of aliphatic carboxylic acids is 3. The van der Waals surface area contributed by atoms with E-state index in [4.69, 9.17) is 10.2 Å². The van der Waals surface area contributed by atoms with Crippen molar-refractivity contribution in [3.8, 4) is 0 Å². The van der Waals surface area contributed by atoms with Crippen LogP contribution in [0, 0.1) is 11.8 Å². The predicted molar refractivity (Wildman–Crippen MR) is 203 cm³/mol. The number of nitrogens with zero attached hydrogens (tertiary/aromatic N) is 1. The van der Waals surface area contributed by atoms with Crippen molar-refractivity contribution in [3.63, 3.8) is 0 Å². The molecule has 6 unspecified atom stereocenters. The van der Waals surface area contributed by atoms with Gasteiger partial charge in [-0.2, -0.15) is 0 Å². The van der Waals surface area contributed by atoms with E-state index in [0.29, 0.717) is 12.8 Å². The van der Waals surface area contributed by atoms with Gasteiger partial charge in [0.25, 0.3) is 5.91 Å². The van der Waals surface area contributed by atoms with E-state index in [1.165, 1.54) is 4.90 Å². The fourth-order valence-electron chi connectivity index (χ4n) is 6.13. The molecule has 1 aliphatic heterocycles. The molecule has 1 rings (SSSR count). The molecular weight excluding hydrogens is 766 g/mol. The van der Waals surface area contributed by atoms with E-state index >= 15 is 0 Å². The Morgan fingerprint density at radius 3 is 1.66 bits per heavy atom. The van der Waals surface area contributed by atoms with Crippen molar-refractivity contribution in [1.82, 2.24) is 36.8 Å². The number of carbonyl (C=O) groups is 11. The van der Waals surface area contributed by atoms with Crippen LogP contribution in [0.2, 0.25) is 0 Å². The van der Waals surface area contributed by atoms with Gasteiger partial charge < -0.3 is 52.1 Å². The molecule has 0 radical (unpaired) electrons. The molecular formula is C37H59N7O14. The smallest absolute Gasteiger partial charge is 0.303 e. The second-order valence-corrected chi connectivity index (χ2v) is 14.8. The minimum Gasteiger partial charge on any atom is -0.481 e. The Kier molecular flexibility index (Phi) is 21.6. The van der Waals surface area contributed by atoms with Crippen molar-refractivity contribution in [2.24, 2.45) is 11.8 Å². The third-order valence-corrected chi connectivity index (χ3v) is 9.22. The summed E-state index contributed by atoms with van der Waals surface area (Å²) in [5.41, 5.74) is 0. The standard InChI is InChI=1S/C37H59N7O14/c1-7-10-22(31(52)36(57)38-17-8-12-26(46)47)40-34(55)25-11-9-18-44(25)37(58)30(20(4)5)43-35(56)29(19(2)3)42-33(54)24(14-16-28(50)51)41-32(53)23(39-21(6)45)13-15-27(48)49/h19-20,22-25,29-30H,7-18H2,1-6H3,(H,38,57)(H,39,45)(H,40,55)(H,41,53)(H,42,54)(H,43,56)(H,46,47)(H,48,49)(H,50,51). The van der Waals surface area contributed by atoms with Crippen LogP contribution >= 0.6 is 0 Å². The van der Waals surface area contributed by atoms with Crippen molar-refractivity contribution in [2.75, 3.05) is 13.1 Å². The highest BCUT2D eigenvalue weighted by Gasteiger charge is 2.41. The molecule has 0 saturated carbocycles. The van der Waals surface area contributed by atoms with Gasteiger partial charge in [0, 0.05) is 39.3 Å². The molecule has 1 saturated heterocycles. The summed E-state index contributed by atoms with van der Waals surface area (Å²) < 4.78 is 0. The molecule has 0 spiro atoms. The number of hydrogen-bond donors (Lipinski definition) is 9. The first-order chi connectivity index (χ1) is 27.1. The molecule has 0 aromatic carbocycles. The second kappa shape index (κ2) is 24.9. The minimum absolute atomic E-state index is 0.0589. The van der Waals surface area contributed by atoms with E-state index in [9.17, 15) is 57.8 Å². The van der Waals surface area contributed by atoms with E-state index in [1.54, 1.807) is 34.6 Å². The average Bonchev–Trinajstić information content (AvgIpc) is 3.63. The summed E-state index contributed by atoms with van der Waals surface area (Å²) in [5, 5.41) is 41.9. The van der Waals surface area contributed by atoms with Gasteiger partial charge in [-0.3, -0.25) is 52.7 Å². The molecule has 0 aromatic heterocycles. The van der Waals surface area contributed by atoms with E-state index in [2.05, 4.69) is 31.9 Å². The highest BCUT2D eigenvalue weighted by molar-refractivity contribution is 6.38. The Hall–Kier alpha value is -5.63. The number of carboxylic acids is 3. The van der Waals surface area contributed by atoms with Crippen LogP contribution in [0.3, 0.4) is 0 Å². The molecule has 1 fully saturated rings. The van der Waals surface area contributed by atoms with E-state index in [1.807, 2.05) is 0 Å². The number of likely N-dealkylation sites (tertiary alicyclic amines) is 1. The van der Waals surface area contributed by atoms with Gasteiger partial charge in [0.05, 0.1) is 6.04 Å². The topological polar surface area (TPSA) is 324 Å². The summed E-state index contributed by atoms with van der Waals surface area (Å²) in [5.74, 6) is -11.4. The highest BCUT2D eigenvalue weighted by atomic mass is 16.4. The van der Waals surface area contributed by atoms with E-state index in [0.717, 1.165) is 6.92 Å². The maximum Gasteiger partial charge on any atom is 0.303 e. The highest BCUT2D eigenvalue weighted by Crippen LogP contribution is 2.21. The fraction of sp³-hybridized carbons (Fsp3) is 0.703. The van der Waals surface area contributed by atoms with Gasteiger partial charge in [-0.15, -0.1) is 0 Å². The van der Waals surface area contributed by atoms with Crippen LogP contribution in [-0.2, 0) is 52.7 Å². The molecule has 21 nitrogen and oxygen atoms in total. The summed E-state index contributed by atoms with van der Waals surface area (Å²) >= 11 is 0. The predicted octanol–water partition coefficient (Wildman–Crippen LogP) is -1.19. The van der Waals surface area contributed by atoms with Crippen LogP contribution in [0.1, 0.15) is 106 Å². The Labute approximate surface area is 336 Å². The summed E-state index contributed by atoms with van der Waals surface area (Å²) in [6.45, 7) is 9.39. The number of Topliss-reactive ketones (excluding diaryl/α,β-unsaturated/α-hetero) is 1. The molecule has 58 heavy (non-hydrogen) atoms. The summed E-state index contributed by atoms with van der Waals surface area (Å²) in [6, 6.07) is -7.69. The van der Waals surface area contributed by atoms with Gasteiger partial charge in [-0.25, -0.2) is 0 Å². The van der Waals surface area contributed by atoms with Crippen molar-refractivity contribution < 1.29 is 68.1 Å². The van der Waals surface area contributed by atoms with Gasteiger partial charge in [0.15, 0.2) is 0 Å². The van der Waals surface area contributed by atoms with Crippen molar-refractivity contribution in [2.45, 2.75) is 142 Å². The number of rotatable bonds is 26. The number of amides is 7.